The molecule has 1 aromatic carbocycles. The van der Waals surface area contributed by atoms with Gasteiger partial charge in [-0.25, -0.2) is 0 Å². The smallest absolute Gasteiger partial charge is 0.0117 e. The molecule has 1 aliphatic rings. The summed E-state index contributed by atoms with van der Waals surface area (Å²) >= 11 is 0. The van der Waals surface area contributed by atoms with E-state index in [0.717, 1.165) is 5.92 Å². The molecule has 3 atom stereocenters. The average Bonchev–Trinajstić information content (AvgIpc) is 2.41. The molecule has 0 bridgehead atoms. The second-order valence-electron chi connectivity index (χ2n) is 6.06. The summed E-state index contributed by atoms with van der Waals surface area (Å²) in [6.07, 6.45) is 2.44. The van der Waals surface area contributed by atoms with Gasteiger partial charge in [-0.3, -0.25) is 4.90 Å². The lowest BCUT2D eigenvalue weighted by Crippen LogP contribution is -2.53. The van der Waals surface area contributed by atoms with Crippen LogP contribution in [0.3, 0.4) is 0 Å². The zero-order valence-electron chi connectivity index (χ0n) is 12.8. The predicted molar refractivity (Wildman–Crippen MR) is 82.5 cm³/mol. The van der Waals surface area contributed by atoms with Crippen molar-refractivity contribution < 1.29 is 0 Å². The number of likely N-dealkylation sites (tertiary alicyclic amines) is 1. The van der Waals surface area contributed by atoms with Crippen LogP contribution in [0, 0.1) is 12.8 Å². The molecule has 2 nitrogen and oxygen atoms in total. The van der Waals surface area contributed by atoms with Crippen LogP contribution in [0.4, 0.5) is 0 Å². The molecule has 3 unspecified atom stereocenters. The Balaban J connectivity index is 1.90. The second kappa shape index (κ2) is 6.53. The van der Waals surface area contributed by atoms with E-state index in [1.165, 1.54) is 37.1 Å². The first-order valence-corrected chi connectivity index (χ1v) is 7.58. The maximum Gasteiger partial charge on any atom is 0.0117 e. The van der Waals surface area contributed by atoms with Gasteiger partial charge in [0.2, 0.25) is 0 Å². The van der Waals surface area contributed by atoms with Crippen LogP contribution in [-0.4, -0.2) is 37.1 Å². The fourth-order valence-corrected chi connectivity index (χ4v) is 3.30. The van der Waals surface area contributed by atoms with Gasteiger partial charge in [-0.2, -0.15) is 0 Å². The summed E-state index contributed by atoms with van der Waals surface area (Å²) in [6, 6.07) is 10.3. The molecule has 1 saturated heterocycles. The van der Waals surface area contributed by atoms with Gasteiger partial charge in [0, 0.05) is 18.6 Å². The van der Waals surface area contributed by atoms with Crippen molar-refractivity contribution in [1.82, 2.24) is 10.2 Å². The monoisotopic (exact) mass is 260 g/mol. The molecule has 1 aromatic rings. The van der Waals surface area contributed by atoms with Gasteiger partial charge in [0.05, 0.1) is 0 Å². The number of benzene rings is 1. The van der Waals surface area contributed by atoms with Crippen molar-refractivity contribution in [2.75, 3.05) is 20.1 Å². The van der Waals surface area contributed by atoms with E-state index in [4.69, 9.17) is 0 Å². The fraction of sp³-hybridized carbons (Fsp3) is 0.647. The van der Waals surface area contributed by atoms with Crippen LogP contribution < -0.4 is 5.32 Å². The maximum atomic E-state index is 3.46. The molecule has 2 heteroatoms. The summed E-state index contributed by atoms with van der Waals surface area (Å²) in [6.45, 7) is 9.34. The molecular formula is C17H28N2. The van der Waals surface area contributed by atoms with Gasteiger partial charge >= 0.3 is 0 Å². The van der Waals surface area contributed by atoms with E-state index >= 15 is 0 Å². The Morgan fingerprint density at radius 2 is 2.11 bits per heavy atom. The Morgan fingerprint density at radius 3 is 2.79 bits per heavy atom. The van der Waals surface area contributed by atoms with Gasteiger partial charge in [0.25, 0.3) is 0 Å². The molecular weight excluding hydrogens is 232 g/mol. The molecule has 0 saturated carbocycles. The molecule has 0 aromatic heterocycles. The molecule has 19 heavy (non-hydrogen) atoms. The Hall–Kier alpha value is -0.860. The second-order valence-corrected chi connectivity index (χ2v) is 6.06. The zero-order valence-corrected chi connectivity index (χ0v) is 12.8. The SMILES string of the molecule is CNC1CCN(CCc2cccc(C)c2)C(C)C1C. The van der Waals surface area contributed by atoms with Gasteiger partial charge in [0.15, 0.2) is 0 Å². The van der Waals surface area contributed by atoms with Gasteiger partial charge in [0.1, 0.15) is 0 Å². The van der Waals surface area contributed by atoms with Crippen molar-refractivity contribution in [3.8, 4) is 0 Å². The Labute approximate surface area is 118 Å². The van der Waals surface area contributed by atoms with E-state index in [1.807, 2.05) is 0 Å². The fourth-order valence-electron chi connectivity index (χ4n) is 3.30. The molecule has 0 aliphatic carbocycles. The van der Waals surface area contributed by atoms with Crippen LogP contribution in [0.25, 0.3) is 0 Å². The van der Waals surface area contributed by atoms with Crippen LogP contribution in [0.2, 0.25) is 0 Å². The van der Waals surface area contributed by atoms with E-state index in [0.29, 0.717) is 12.1 Å². The van der Waals surface area contributed by atoms with E-state index < -0.39 is 0 Å². The van der Waals surface area contributed by atoms with Crippen molar-refractivity contribution in [2.24, 2.45) is 5.92 Å². The number of hydrogen-bond acceptors (Lipinski definition) is 2. The number of rotatable bonds is 4. The van der Waals surface area contributed by atoms with Gasteiger partial charge in [-0.1, -0.05) is 36.8 Å². The minimum Gasteiger partial charge on any atom is -0.317 e. The van der Waals surface area contributed by atoms with Crippen molar-refractivity contribution in [3.05, 3.63) is 35.4 Å². The highest BCUT2D eigenvalue weighted by Crippen LogP contribution is 2.23. The summed E-state index contributed by atoms with van der Waals surface area (Å²) in [5.41, 5.74) is 2.84. The number of hydrogen-bond donors (Lipinski definition) is 1. The Morgan fingerprint density at radius 1 is 1.32 bits per heavy atom. The van der Waals surface area contributed by atoms with Crippen LogP contribution in [-0.2, 0) is 6.42 Å². The van der Waals surface area contributed by atoms with Crippen molar-refractivity contribution >= 4 is 0 Å². The van der Waals surface area contributed by atoms with Crippen LogP contribution >= 0.6 is 0 Å². The highest BCUT2D eigenvalue weighted by atomic mass is 15.2. The zero-order chi connectivity index (χ0) is 13.8. The van der Waals surface area contributed by atoms with E-state index in [1.54, 1.807) is 0 Å². The molecule has 0 radical (unpaired) electrons. The number of aryl methyl sites for hydroxylation is 1. The third-order valence-corrected chi connectivity index (χ3v) is 4.84. The van der Waals surface area contributed by atoms with Crippen LogP contribution in [0.15, 0.2) is 24.3 Å². The van der Waals surface area contributed by atoms with Gasteiger partial charge in [-0.05, 0) is 51.8 Å². The first-order valence-electron chi connectivity index (χ1n) is 7.58. The molecule has 0 amide bonds. The van der Waals surface area contributed by atoms with Crippen molar-refractivity contribution in [1.29, 1.82) is 0 Å². The average molecular weight is 260 g/mol. The van der Waals surface area contributed by atoms with Crippen LogP contribution in [0.1, 0.15) is 31.4 Å². The predicted octanol–water partition coefficient (Wildman–Crippen LogP) is 2.86. The first-order chi connectivity index (χ1) is 9.11. The minimum absolute atomic E-state index is 0.677. The van der Waals surface area contributed by atoms with Gasteiger partial charge in [-0.15, -0.1) is 0 Å². The quantitative estimate of drug-likeness (QED) is 0.895. The van der Waals surface area contributed by atoms with E-state index in [9.17, 15) is 0 Å². The summed E-state index contributed by atoms with van der Waals surface area (Å²) in [4.78, 5) is 2.65. The Bertz CT molecular complexity index is 402. The standard InChI is InChI=1S/C17H28N2/c1-13-6-5-7-16(12-13)8-10-19-11-9-17(18-4)14(2)15(19)3/h5-7,12,14-15,17-18H,8-11H2,1-4H3. The molecule has 1 N–H and O–H groups in total. The topological polar surface area (TPSA) is 15.3 Å². The normalized spacial score (nSPS) is 28.5. The third-order valence-electron chi connectivity index (χ3n) is 4.84. The highest BCUT2D eigenvalue weighted by Gasteiger charge is 2.30. The molecule has 106 valence electrons. The number of nitrogens with one attached hydrogen (secondary N) is 1. The Kier molecular flexibility index (Phi) is 5.00. The number of nitrogens with zero attached hydrogens (tertiary/aromatic N) is 1. The van der Waals surface area contributed by atoms with E-state index in [-0.39, 0.29) is 0 Å². The van der Waals surface area contributed by atoms with Crippen LogP contribution in [0.5, 0.6) is 0 Å². The summed E-state index contributed by atoms with van der Waals surface area (Å²) in [7, 11) is 2.09. The lowest BCUT2D eigenvalue weighted by atomic mass is 9.87. The third kappa shape index (κ3) is 3.58. The first kappa shape index (κ1) is 14.5. The maximum absolute atomic E-state index is 3.46. The molecule has 0 spiro atoms. The van der Waals surface area contributed by atoms with Crippen molar-refractivity contribution in [3.63, 3.8) is 0 Å². The molecule has 1 aliphatic heterocycles. The summed E-state index contributed by atoms with van der Waals surface area (Å²) in [5, 5.41) is 3.46. The largest absolute Gasteiger partial charge is 0.317 e. The lowest BCUT2D eigenvalue weighted by Gasteiger charge is -2.42. The van der Waals surface area contributed by atoms with Gasteiger partial charge < -0.3 is 5.32 Å². The lowest BCUT2D eigenvalue weighted by molar-refractivity contribution is 0.0889. The minimum atomic E-state index is 0.677. The number of piperidine rings is 1. The summed E-state index contributed by atoms with van der Waals surface area (Å²) in [5.74, 6) is 0.733. The summed E-state index contributed by atoms with van der Waals surface area (Å²) < 4.78 is 0. The molecule has 2 rings (SSSR count). The molecule has 1 fully saturated rings. The molecule has 1 heterocycles. The van der Waals surface area contributed by atoms with E-state index in [2.05, 4.69) is 62.3 Å². The van der Waals surface area contributed by atoms with Crippen molar-refractivity contribution in [2.45, 2.75) is 45.7 Å². The highest BCUT2D eigenvalue weighted by molar-refractivity contribution is 5.22.